The van der Waals surface area contributed by atoms with E-state index < -0.39 is 10.1 Å². The minimum Gasteiger partial charge on any atom is -0.371 e. The normalized spacial score (nSPS) is 29.0. The first kappa shape index (κ1) is 10.4. The van der Waals surface area contributed by atoms with Gasteiger partial charge in [0.2, 0.25) is 0 Å². The molecule has 1 aliphatic carbocycles. The van der Waals surface area contributed by atoms with Crippen molar-refractivity contribution in [2.24, 2.45) is 0 Å². The van der Waals surface area contributed by atoms with Gasteiger partial charge < -0.3 is 4.74 Å². The molecule has 2 fully saturated rings. The predicted molar refractivity (Wildman–Crippen MR) is 51.5 cm³/mol. The lowest BCUT2D eigenvalue weighted by Crippen LogP contribution is -2.27. The maximum Gasteiger partial charge on any atom is 0.270 e. The summed E-state index contributed by atoms with van der Waals surface area (Å²) < 4.78 is 33.1. The molecule has 82 valence electrons. The molecule has 0 bridgehead atoms. The number of hydrogen-bond donors (Lipinski definition) is 0. The molecule has 2 aliphatic rings. The molecule has 0 aromatic carbocycles. The molecule has 0 amide bonds. The minimum atomic E-state index is -3.32. The summed E-state index contributed by atoms with van der Waals surface area (Å²) >= 11 is 0. The smallest absolute Gasteiger partial charge is 0.270 e. The predicted octanol–water partition coefficient (Wildman–Crippen LogP) is 1.06. The van der Waals surface area contributed by atoms with Crippen molar-refractivity contribution in [1.29, 1.82) is 0 Å². The molecule has 0 spiro atoms. The quantitative estimate of drug-likeness (QED) is 0.525. The molecule has 14 heavy (non-hydrogen) atoms. The van der Waals surface area contributed by atoms with E-state index >= 15 is 0 Å². The summed E-state index contributed by atoms with van der Waals surface area (Å²) in [5, 5.41) is -0.269. The van der Waals surface area contributed by atoms with Crippen LogP contribution in [0, 0.1) is 0 Å². The highest BCUT2D eigenvalue weighted by Crippen LogP contribution is 2.25. The van der Waals surface area contributed by atoms with Crippen LogP contribution in [0.2, 0.25) is 0 Å². The molecule has 0 radical (unpaired) electrons. The third-order valence-corrected chi connectivity index (χ3v) is 4.53. The Morgan fingerprint density at radius 1 is 1.21 bits per heavy atom. The van der Waals surface area contributed by atoms with E-state index in [-0.39, 0.29) is 18.0 Å². The van der Waals surface area contributed by atoms with Crippen molar-refractivity contribution >= 4 is 10.1 Å². The average Bonchev–Trinajstić information content (AvgIpc) is 3.00. The third kappa shape index (κ3) is 2.68. The number of hydrogen-bond acceptors (Lipinski definition) is 4. The zero-order chi connectivity index (χ0) is 10.0. The fraction of sp³-hybridized carbons (Fsp3) is 1.00. The zero-order valence-corrected chi connectivity index (χ0v) is 8.96. The van der Waals surface area contributed by atoms with Crippen LogP contribution in [-0.4, -0.2) is 33.0 Å². The van der Waals surface area contributed by atoms with Crippen molar-refractivity contribution in [3.05, 3.63) is 0 Å². The van der Waals surface area contributed by atoms with Gasteiger partial charge in [0, 0.05) is 0 Å². The summed E-state index contributed by atoms with van der Waals surface area (Å²) in [6.45, 7) is 0.846. The molecular formula is C9H16O4S. The molecule has 2 rings (SSSR count). The lowest BCUT2D eigenvalue weighted by Gasteiger charge is -2.20. The fourth-order valence-electron chi connectivity index (χ4n) is 1.79. The standard InChI is InChI=1S/C9H16O4S/c10-14(11,13-7-8-6-12-8)9-4-2-1-3-5-9/h8-9H,1-7H2. The van der Waals surface area contributed by atoms with Gasteiger partial charge in [-0.25, -0.2) is 0 Å². The molecule has 1 aliphatic heterocycles. The maximum absolute atomic E-state index is 11.6. The van der Waals surface area contributed by atoms with Crippen molar-refractivity contribution in [1.82, 2.24) is 0 Å². The van der Waals surface area contributed by atoms with Crippen molar-refractivity contribution in [3.8, 4) is 0 Å². The van der Waals surface area contributed by atoms with Gasteiger partial charge in [-0.2, -0.15) is 8.42 Å². The SMILES string of the molecule is O=S(=O)(OCC1CO1)C1CCCCC1. The largest absolute Gasteiger partial charge is 0.371 e. The van der Waals surface area contributed by atoms with E-state index in [9.17, 15) is 8.42 Å². The van der Waals surface area contributed by atoms with Gasteiger partial charge in [-0.1, -0.05) is 19.3 Å². The number of rotatable bonds is 4. The van der Waals surface area contributed by atoms with Crippen molar-refractivity contribution in [2.75, 3.05) is 13.2 Å². The molecule has 1 saturated heterocycles. The van der Waals surface area contributed by atoms with E-state index in [1.807, 2.05) is 0 Å². The first-order valence-corrected chi connectivity index (χ1v) is 6.65. The summed E-state index contributed by atoms with van der Waals surface area (Å²) in [7, 11) is -3.32. The Bertz CT molecular complexity index is 275. The van der Waals surface area contributed by atoms with E-state index in [1.54, 1.807) is 0 Å². The van der Waals surface area contributed by atoms with Gasteiger partial charge in [0.15, 0.2) is 0 Å². The van der Waals surface area contributed by atoms with Crippen molar-refractivity contribution in [2.45, 2.75) is 43.5 Å². The van der Waals surface area contributed by atoms with E-state index in [1.165, 1.54) is 0 Å². The summed E-state index contributed by atoms with van der Waals surface area (Å²) in [6, 6.07) is 0. The highest BCUT2D eigenvalue weighted by Gasteiger charge is 2.31. The van der Waals surface area contributed by atoms with Crippen LogP contribution in [0.15, 0.2) is 0 Å². The average molecular weight is 220 g/mol. The van der Waals surface area contributed by atoms with E-state index in [0.717, 1.165) is 32.1 Å². The Kier molecular flexibility index (Phi) is 3.09. The van der Waals surface area contributed by atoms with Crippen LogP contribution >= 0.6 is 0 Å². The van der Waals surface area contributed by atoms with E-state index in [4.69, 9.17) is 8.92 Å². The molecule has 5 heteroatoms. The van der Waals surface area contributed by atoms with Gasteiger partial charge in [-0.15, -0.1) is 0 Å². The Morgan fingerprint density at radius 3 is 2.43 bits per heavy atom. The second kappa shape index (κ2) is 4.16. The van der Waals surface area contributed by atoms with Crippen LogP contribution in [-0.2, 0) is 19.0 Å². The lowest BCUT2D eigenvalue weighted by atomic mass is 10.0. The first-order valence-electron chi connectivity index (χ1n) is 5.18. The molecular weight excluding hydrogens is 204 g/mol. The van der Waals surface area contributed by atoms with Gasteiger partial charge in [-0.05, 0) is 12.8 Å². The van der Waals surface area contributed by atoms with Crippen molar-refractivity contribution < 1.29 is 17.3 Å². The maximum atomic E-state index is 11.6. The summed E-state index contributed by atoms with van der Waals surface area (Å²) in [4.78, 5) is 0. The van der Waals surface area contributed by atoms with Gasteiger partial charge in [0.25, 0.3) is 10.1 Å². The van der Waals surface area contributed by atoms with E-state index in [2.05, 4.69) is 0 Å². The Hall–Kier alpha value is -0.130. The molecule has 1 saturated carbocycles. The molecule has 0 aromatic rings. The lowest BCUT2D eigenvalue weighted by molar-refractivity contribution is 0.259. The summed E-state index contributed by atoms with van der Waals surface area (Å²) in [5.41, 5.74) is 0. The molecule has 1 unspecified atom stereocenters. The summed E-state index contributed by atoms with van der Waals surface area (Å²) in [5.74, 6) is 0. The highest BCUT2D eigenvalue weighted by molar-refractivity contribution is 7.87. The number of ether oxygens (including phenoxy) is 1. The second-order valence-electron chi connectivity index (χ2n) is 3.99. The van der Waals surface area contributed by atoms with Crippen LogP contribution in [0.25, 0.3) is 0 Å². The van der Waals surface area contributed by atoms with Gasteiger partial charge in [0.05, 0.1) is 18.5 Å². The van der Waals surface area contributed by atoms with Crippen molar-refractivity contribution in [3.63, 3.8) is 0 Å². The monoisotopic (exact) mass is 220 g/mol. The summed E-state index contributed by atoms with van der Waals surface area (Å²) in [6.07, 6.45) is 4.70. The topological polar surface area (TPSA) is 55.9 Å². The molecule has 4 nitrogen and oxygen atoms in total. The van der Waals surface area contributed by atoms with Crippen LogP contribution in [0.3, 0.4) is 0 Å². The Balaban J connectivity index is 1.85. The van der Waals surface area contributed by atoms with Gasteiger partial charge >= 0.3 is 0 Å². The molecule has 1 heterocycles. The molecule has 1 atom stereocenters. The third-order valence-electron chi connectivity index (χ3n) is 2.78. The van der Waals surface area contributed by atoms with Crippen LogP contribution in [0.4, 0.5) is 0 Å². The minimum absolute atomic E-state index is 0.0216. The molecule has 0 aromatic heterocycles. The molecule has 0 N–H and O–H groups in total. The Labute approximate surface area is 84.7 Å². The van der Waals surface area contributed by atoms with Gasteiger partial charge in [-0.3, -0.25) is 4.18 Å². The first-order chi connectivity index (χ1) is 6.68. The second-order valence-corrected chi connectivity index (χ2v) is 5.88. The Morgan fingerprint density at radius 2 is 1.86 bits per heavy atom. The zero-order valence-electron chi connectivity index (χ0n) is 8.15. The van der Waals surface area contributed by atoms with Crippen LogP contribution < -0.4 is 0 Å². The fourth-order valence-corrected chi connectivity index (χ4v) is 3.23. The van der Waals surface area contributed by atoms with Crippen LogP contribution in [0.5, 0.6) is 0 Å². The highest BCUT2D eigenvalue weighted by atomic mass is 32.2. The van der Waals surface area contributed by atoms with Crippen LogP contribution in [0.1, 0.15) is 32.1 Å². The number of epoxide rings is 1. The van der Waals surface area contributed by atoms with E-state index in [0.29, 0.717) is 6.61 Å². The van der Waals surface area contributed by atoms with Gasteiger partial charge in [0.1, 0.15) is 6.10 Å².